The molecule has 0 spiro atoms. The van der Waals surface area contributed by atoms with Crippen LogP contribution in [0.2, 0.25) is 0 Å². The van der Waals surface area contributed by atoms with Gasteiger partial charge in [0.05, 0.1) is 5.56 Å². The Balaban J connectivity index is 3.47. The van der Waals surface area contributed by atoms with Gasteiger partial charge in [-0.05, 0) is 17.7 Å². The van der Waals surface area contributed by atoms with E-state index in [2.05, 4.69) is 4.98 Å². The van der Waals surface area contributed by atoms with Gasteiger partial charge in [-0.25, -0.2) is 13.8 Å². The highest BCUT2D eigenvalue weighted by Gasteiger charge is 2.22. The molecule has 1 aromatic heterocycles. The number of halogens is 4. The fourth-order valence-electron chi connectivity index (χ4n) is 0.906. The van der Waals surface area contributed by atoms with E-state index < -0.39 is 34.4 Å². The molecule has 78 valence electrons. The average Bonchev–Trinajstić information content (AvgIpc) is 2.16. The molecule has 0 fully saturated rings. The minimum Gasteiger partial charge on any atom is -0.276 e. The first-order valence-electron chi connectivity index (χ1n) is 3.56. The molecule has 15 heavy (non-hydrogen) atoms. The number of alkyl halides is 2. The van der Waals surface area contributed by atoms with Crippen LogP contribution in [0, 0.1) is 17.3 Å². The van der Waals surface area contributed by atoms with Crippen molar-refractivity contribution in [3.05, 3.63) is 28.8 Å². The maximum atomic E-state index is 12.8. The van der Waals surface area contributed by atoms with Crippen LogP contribution < -0.4 is 0 Å². The van der Waals surface area contributed by atoms with Gasteiger partial charge in [0.25, 0.3) is 11.7 Å². The van der Waals surface area contributed by atoms with E-state index in [0.717, 1.165) is 0 Å². The lowest BCUT2D eigenvalue weighted by Crippen LogP contribution is -2.05. The van der Waals surface area contributed by atoms with Crippen LogP contribution in [0.15, 0.2) is 6.07 Å². The molecule has 0 atom stereocenters. The van der Waals surface area contributed by atoms with Gasteiger partial charge in [-0.2, -0.15) is 9.65 Å². The summed E-state index contributed by atoms with van der Waals surface area (Å²) in [5, 5.41) is 7.17. The van der Waals surface area contributed by atoms with Crippen LogP contribution in [-0.2, 0) is 0 Å². The van der Waals surface area contributed by atoms with Crippen molar-refractivity contribution in [1.29, 1.82) is 5.26 Å². The van der Waals surface area contributed by atoms with Gasteiger partial charge >= 0.3 is 0 Å². The van der Waals surface area contributed by atoms with Crippen LogP contribution in [0.1, 0.15) is 28.0 Å². The molecular weight excluding hydrogens is 233 g/mol. The summed E-state index contributed by atoms with van der Waals surface area (Å²) in [6, 6.07) is 2.02. The fraction of sp³-hybridized carbons (Fsp3) is 0.125. The Labute approximate surface area is 87.1 Å². The summed E-state index contributed by atoms with van der Waals surface area (Å²) < 4.78 is 37.4. The number of pyridine rings is 1. The van der Waals surface area contributed by atoms with Gasteiger partial charge < -0.3 is 0 Å². The Morgan fingerprint density at radius 2 is 2.20 bits per heavy atom. The minimum atomic E-state index is -3.13. The van der Waals surface area contributed by atoms with E-state index in [1.807, 2.05) is 0 Å². The molecular formula is C8H2ClF3N2O. The summed E-state index contributed by atoms with van der Waals surface area (Å²) in [5.74, 6) is -1.35. The summed E-state index contributed by atoms with van der Waals surface area (Å²) >= 11 is 4.99. The second-order valence-electron chi connectivity index (χ2n) is 2.45. The van der Waals surface area contributed by atoms with E-state index in [1.165, 1.54) is 6.07 Å². The Hall–Kier alpha value is -1.61. The molecule has 0 aliphatic carbocycles. The zero-order valence-electron chi connectivity index (χ0n) is 6.97. The Kier molecular flexibility index (Phi) is 3.27. The molecule has 0 unspecified atom stereocenters. The van der Waals surface area contributed by atoms with Gasteiger partial charge in [0, 0.05) is 0 Å². The van der Waals surface area contributed by atoms with E-state index in [-0.39, 0.29) is 0 Å². The lowest BCUT2D eigenvalue weighted by atomic mass is 10.1. The quantitative estimate of drug-likeness (QED) is 0.583. The lowest BCUT2D eigenvalue weighted by molar-refractivity contribution is 0.106. The lowest BCUT2D eigenvalue weighted by Gasteiger charge is -2.04. The SMILES string of the molecule is N#Cc1cc(C(=O)Cl)c(C(F)F)nc1F. The summed E-state index contributed by atoms with van der Waals surface area (Å²) in [4.78, 5) is 13.5. The molecule has 0 aliphatic rings. The van der Waals surface area contributed by atoms with Gasteiger partial charge in [0.1, 0.15) is 17.3 Å². The molecule has 7 heteroatoms. The first kappa shape index (κ1) is 11.5. The molecule has 0 saturated carbocycles. The number of hydrogen-bond donors (Lipinski definition) is 0. The predicted octanol–water partition coefficient (Wildman–Crippen LogP) is 2.41. The smallest absolute Gasteiger partial charge is 0.276 e. The molecule has 0 aromatic carbocycles. The fourth-order valence-corrected chi connectivity index (χ4v) is 1.06. The molecule has 1 heterocycles. The molecule has 0 bridgehead atoms. The number of carbonyl (C=O) groups is 1. The predicted molar refractivity (Wildman–Crippen MR) is 44.1 cm³/mol. The average molecular weight is 235 g/mol. The zero-order chi connectivity index (χ0) is 11.6. The summed E-state index contributed by atoms with van der Waals surface area (Å²) in [6.07, 6.45) is -3.13. The first-order valence-corrected chi connectivity index (χ1v) is 3.93. The highest BCUT2D eigenvalue weighted by atomic mass is 35.5. The van der Waals surface area contributed by atoms with Crippen molar-refractivity contribution in [3.8, 4) is 6.07 Å². The number of nitrogens with zero attached hydrogens (tertiary/aromatic N) is 2. The van der Waals surface area contributed by atoms with Crippen molar-refractivity contribution in [2.45, 2.75) is 6.43 Å². The maximum Gasteiger partial charge on any atom is 0.281 e. The third kappa shape index (κ3) is 2.25. The minimum absolute atomic E-state index is 0.608. The van der Waals surface area contributed by atoms with Gasteiger partial charge in [0.15, 0.2) is 0 Å². The van der Waals surface area contributed by atoms with Gasteiger partial charge in [-0.15, -0.1) is 0 Å². The largest absolute Gasteiger partial charge is 0.281 e. The van der Waals surface area contributed by atoms with E-state index in [4.69, 9.17) is 16.9 Å². The second-order valence-corrected chi connectivity index (χ2v) is 2.79. The number of carbonyl (C=O) groups excluding carboxylic acids is 1. The van der Waals surface area contributed by atoms with Crippen molar-refractivity contribution < 1.29 is 18.0 Å². The molecule has 0 amide bonds. The molecule has 3 nitrogen and oxygen atoms in total. The molecule has 1 aromatic rings. The molecule has 0 saturated heterocycles. The van der Waals surface area contributed by atoms with Crippen LogP contribution in [0.3, 0.4) is 0 Å². The van der Waals surface area contributed by atoms with Gasteiger partial charge in [0.2, 0.25) is 5.95 Å². The van der Waals surface area contributed by atoms with Crippen molar-refractivity contribution in [3.63, 3.8) is 0 Å². The zero-order valence-corrected chi connectivity index (χ0v) is 7.73. The molecule has 0 aliphatic heterocycles. The molecule has 0 N–H and O–H groups in total. The standard InChI is InChI=1S/C8H2ClF3N2O/c9-6(15)4-1-3(2-13)8(12)14-5(4)7(10)11/h1,7H. The van der Waals surface area contributed by atoms with E-state index >= 15 is 0 Å². The van der Waals surface area contributed by atoms with E-state index in [1.54, 1.807) is 0 Å². The summed E-state index contributed by atoms with van der Waals surface area (Å²) in [5.41, 5.74) is -2.33. The monoisotopic (exact) mass is 234 g/mol. The highest BCUT2D eigenvalue weighted by molar-refractivity contribution is 6.67. The number of hydrogen-bond acceptors (Lipinski definition) is 3. The van der Waals surface area contributed by atoms with Crippen LogP contribution >= 0.6 is 11.6 Å². The van der Waals surface area contributed by atoms with Crippen LogP contribution in [0.4, 0.5) is 13.2 Å². The van der Waals surface area contributed by atoms with Crippen LogP contribution in [-0.4, -0.2) is 10.2 Å². The van der Waals surface area contributed by atoms with Crippen molar-refractivity contribution in [2.75, 3.05) is 0 Å². The van der Waals surface area contributed by atoms with E-state index in [9.17, 15) is 18.0 Å². The maximum absolute atomic E-state index is 12.8. The van der Waals surface area contributed by atoms with Crippen molar-refractivity contribution in [1.82, 2.24) is 4.98 Å². The Bertz CT molecular complexity index is 456. The van der Waals surface area contributed by atoms with Crippen molar-refractivity contribution in [2.24, 2.45) is 0 Å². The topological polar surface area (TPSA) is 53.8 Å². The van der Waals surface area contributed by atoms with E-state index in [0.29, 0.717) is 6.07 Å². The van der Waals surface area contributed by atoms with Gasteiger partial charge in [-0.3, -0.25) is 4.79 Å². The number of aromatic nitrogens is 1. The Morgan fingerprint density at radius 3 is 2.60 bits per heavy atom. The highest BCUT2D eigenvalue weighted by Crippen LogP contribution is 2.23. The molecule has 0 radical (unpaired) electrons. The first-order chi connectivity index (χ1) is 6.97. The second kappa shape index (κ2) is 4.28. The number of nitriles is 1. The van der Waals surface area contributed by atoms with Crippen LogP contribution in [0.5, 0.6) is 0 Å². The van der Waals surface area contributed by atoms with Gasteiger partial charge in [-0.1, -0.05) is 0 Å². The van der Waals surface area contributed by atoms with Crippen molar-refractivity contribution >= 4 is 16.8 Å². The number of rotatable bonds is 2. The Morgan fingerprint density at radius 1 is 1.60 bits per heavy atom. The summed E-state index contributed by atoms with van der Waals surface area (Å²) in [6.45, 7) is 0. The van der Waals surface area contributed by atoms with Crippen LogP contribution in [0.25, 0.3) is 0 Å². The third-order valence-electron chi connectivity index (χ3n) is 1.54. The third-order valence-corrected chi connectivity index (χ3v) is 1.75. The normalized spacial score (nSPS) is 10.1. The summed E-state index contributed by atoms with van der Waals surface area (Å²) in [7, 11) is 0. The molecule has 1 rings (SSSR count).